The van der Waals surface area contributed by atoms with E-state index in [0.717, 1.165) is 28.8 Å². The summed E-state index contributed by atoms with van der Waals surface area (Å²) in [4.78, 5) is 39.9. The van der Waals surface area contributed by atoms with Gasteiger partial charge in [0.25, 0.3) is 5.69 Å². The van der Waals surface area contributed by atoms with Crippen molar-refractivity contribution in [2.75, 3.05) is 42.9 Å². The number of amides is 1. The fourth-order valence-corrected chi connectivity index (χ4v) is 4.84. The maximum atomic E-state index is 12.6. The number of ketones is 1. The van der Waals surface area contributed by atoms with Crippen molar-refractivity contribution < 1.29 is 14.5 Å². The molecule has 12 heteroatoms. The van der Waals surface area contributed by atoms with E-state index in [2.05, 4.69) is 41.4 Å². The van der Waals surface area contributed by atoms with Crippen LogP contribution in [0.2, 0.25) is 0 Å². The molecule has 1 aliphatic rings. The highest BCUT2D eigenvalue weighted by Crippen LogP contribution is 2.21. The van der Waals surface area contributed by atoms with Gasteiger partial charge in [0.1, 0.15) is 5.69 Å². The van der Waals surface area contributed by atoms with Crippen LogP contribution in [-0.2, 0) is 11.3 Å². The first-order valence-corrected chi connectivity index (χ1v) is 14.1. The number of halogens is 1. The fraction of sp³-hybridized carbons (Fsp3) is 0.200. The summed E-state index contributed by atoms with van der Waals surface area (Å²) in [5.74, 6) is -0.315. The molecule has 1 aromatic heterocycles. The van der Waals surface area contributed by atoms with Crippen molar-refractivity contribution >= 4 is 50.8 Å². The van der Waals surface area contributed by atoms with Crippen LogP contribution in [0.3, 0.4) is 0 Å². The number of nitrogens with one attached hydrogen (secondary N) is 1. The Bertz CT molecular complexity index is 1580. The fourth-order valence-electron chi connectivity index (χ4n) is 4.57. The van der Waals surface area contributed by atoms with Gasteiger partial charge in [-0.05, 0) is 66.2 Å². The second kappa shape index (κ2) is 13.3. The summed E-state index contributed by atoms with van der Waals surface area (Å²) in [5.41, 5.74) is 3.77. The Balaban J connectivity index is 1.06. The molecule has 4 aromatic rings. The molecule has 214 valence electrons. The summed E-state index contributed by atoms with van der Waals surface area (Å²) in [6, 6.07) is 21.2. The molecule has 2 heterocycles. The molecule has 3 aromatic carbocycles. The second-order valence-corrected chi connectivity index (χ2v) is 10.7. The summed E-state index contributed by atoms with van der Waals surface area (Å²) >= 11 is 3.42. The number of carbonyl (C=O) groups excluding carboxylic acids is 2. The van der Waals surface area contributed by atoms with Crippen LogP contribution in [0.5, 0.6) is 0 Å². The van der Waals surface area contributed by atoms with Crippen molar-refractivity contribution in [2.24, 2.45) is 0 Å². The number of carbonyl (C=O) groups is 2. The molecule has 0 aliphatic carbocycles. The number of nitro benzene ring substituents is 1. The molecule has 42 heavy (non-hydrogen) atoms. The lowest BCUT2D eigenvalue weighted by molar-refractivity contribution is -0.384. The van der Waals surface area contributed by atoms with Gasteiger partial charge in [-0.15, -0.1) is 5.10 Å². The van der Waals surface area contributed by atoms with Crippen LogP contribution < -0.4 is 10.2 Å². The molecule has 0 bridgehead atoms. The number of non-ortho nitro benzene ring substituents is 1. The van der Waals surface area contributed by atoms with Gasteiger partial charge in [0.2, 0.25) is 5.91 Å². The lowest BCUT2D eigenvalue weighted by atomic mass is 10.1. The van der Waals surface area contributed by atoms with E-state index in [1.807, 2.05) is 24.3 Å². The molecule has 5 rings (SSSR count). The highest BCUT2D eigenvalue weighted by molar-refractivity contribution is 9.10. The average molecular weight is 631 g/mol. The van der Waals surface area contributed by atoms with Crippen LogP contribution in [0.15, 0.2) is 89.5 Å². The molecule has 0 radical (unpaired) electrons. The third-order valence-corrected chi connectivity index (χ3v) is 7.37. The minimum atomic E-state index is -0.411. The van der Waals surface area contributed by atoms with Crippen molar-refractivity contribution in [3.05, 3.63) is 116 Å². The van der Waals surface area contributed by atoms with Crippen LogP contribution >= 0.6 is 15.9 Å². The van der Waals surface area contributed by atoms with Gasteiger partial charge >= 0.3 is 0 Å². The highest BCUT2D eigenvalue weighted by Gasteiger charge is 2.20. The topological polar surface area (TPSA) is 126 Å². The number of nitrogens with zero attached hydrogens (tertiary/aromatic N) is 6. The molecule has 0 atom stereocenters. The van der Waals surface area contributed by atoms with Gasteiger partial charge < -0.3 is 10.2 Å². The zero-order valence-corrected chi connectivity index (χ0v) is 24.2. The highest BCUT2D eigenvalue weighted by atomic mass is 79.9. The van der Waals surface area contributed by atoms with E-state index < -0.39 is 4.92 Å². The van der Waals surface area contributed by atoms with Gasteiger partial charge in [-0.3, -0.25) is 24.6 Å². The first-order chi connectivity index (χ1) is 20.3. The number of hydrogen-bond acceptors (Lipinski definition) is 8. The Kier molecular flexibility index (Phi) is 9.15. The van der Waals surface area contributed by atoms with Crippen molar-refractivity contribution in [1.29, 1.82) is 0 Å². The first-order valence-electron chi connectivity index (χ1n) is 13.3. The molecule has 1 saturated heterocycles. The minimum Gasteiger partial charge on any atom is -0.369 e. The van der Waals surface area contributed by atoms with E-state index in [1.54, 1.807) is 53.4 Å². The molecule has 1 amide bonds. The summed E-state index contributed by atoms with van der Waals surface area (Å²) in [6.07, 6.45) is 4.86. The smallest absolute Gasteiger partial charge is 0.269 e. The average Bonchev–Trinajstić information content (AvgIpc) is 3.45. The number of allylic oxidation sites excluding steroid dienone is 1. The lowest BCUT2D eigenvalue weighted by Gasteiger charge is -2.35. The van der Waals surface area contributed by atoms with Crippen molar-refractivity contribution in [2.45, 2.75) is 6.54 Å². The lowest BCUT2D eigenvalue weighted by Crippen LogP contribution is -2.48. The van der Waals surface area contributed by atoms with Crippen LogP contribution in [-0.4, -0.2) is 69.2 Å². The minimum absolute atomic E-state index is 0.0667. The second-order valence-electron chi connectivity index (χ2n) is 9.83. The quantitative estimate of drug-likeness (QED) is 0.116. The van der Waals surface area contributed by atoms with Gasteiger partial charge in [-0.1, -0.05) is 33.3 Å². The molecule has 1 aliphatic heterocycles. The third-order valence-electron chi connectivity index (χ3n) is 6.84. The van der Waals surface area contributed by atoms with Gasteiger partial charge in [-0.2, -0.15) is 0 Å². The molecular weight excluding hydrogens is 602 g/mol. The van der Waals surface area contributed by atoms with Gasteiger partial charge in [0.15, 0.2) is 5.78 Å². The Morgan fingerprint density at radius 1 is 0.952 bits per heavy atom. The number of hydrogen-bond donors (Lipinski definition) is 1. The zero-order valence-electron chi connectivity index (χ0n) is 22.6. The molecule has 0 unspecified atom stereocenters. The van der Waals surface area contributed by atoms with E-state index in [1.165, 1.54) is 18.2 Å². The van der Waals surface area contributed by atoms with Crippen LogP contribution in [0, 0.1) is 10.1 Å². The first kappa shape index (κ1) is 28.8. The number of aromatic nitrogens is 3. The molecular formula is C30H28BrN7O4. The molecule has 11 nitrogen and oxygen atoms in total. The van der Waals surface area contributed by atoms with E-state index in [0.29, 0.717) is 36.6 Å². The Morgan fingerprint density at radius 2 is 1.64 bits per heavy atom. The third kappa shape index (κ3) is 7.74. The maximum absolute atomic E-state index is 12.6. The zero-order chi connectivity index (χ0) is 29.5. The van der Waals surface area contributed by atoms with Crippen molar-refractivity contribution in [1.82, 2.24) is 19.9 Å². The van der Waals surface area contributed by atoms with E-state index in [9.17, 15) is 19.7 Å². The van der Waals surface area contributed by atoms with E-state index in [4.69, 9.17) is 0 Å². The number of benzene rings is 3. The summed E-state index contributed by atoms with van der Waals surface area (Å²) in [5, 5.41) is 22.0. The van der Waals surface area contributed by atoms with Crippen molar-refractivity contribution in [3.8, 4) is 0 Å². The van der Waals surface area contributed by atoms with E-state index >= 15 is 0 Å². The normalized spacial score (nSPS) is 13.8. The number of piperazine rings is 1. The van der Waals surface area contributed by atoms with Crippen LogP contribution in [0.4, 0.5) is 17.1 Å². The van der Waals surface area contributed by atoms with Gasteiger partial charge in [0, 0.05) is 59.7 Å². The van der Waals surface area contributed by atoms with E-state index in [-0.39, 0.29) is 23.9 Å². The van der Waals surface area contributed by atoms with Crippen LogP contribution in [0.1, 0.15) is 21.6 Å². The largest absolute Gasteiger partial charge is 0.369 e. The number of rotatable bonds is 10. The predicted molar refractivity (Wildman–Crippen MR) is 163 cm³/mol. The number of nitro groups is 1. The Morgan fingerprint density at radius 3 is 2.31 bits per heavy atom. The van der Waals surface area contributed by atoms with Crippen LogP contribution in [0.25, 0.3) is 6.08 Å². The summed E-state index contributed by atoms with van der Waals surface area (Å²) in [6.45, 7) is 3.66. The van der Waals surface area contributed by atoms with Gasteiger partial charge in [0.05, 0.1) is 24.2 Å². The Labute approximate surface area is 250 Å². The van der Waals surface area contributed by atoms with Gasteiger partial charge in [-0.25, -0.2) is 4.68 Å². The summed E-state index contributed by atoms with van der Waals surface area (Å²) in [7, 11) is 0. The molecule has 1 fully saturated rings. The van der Waals surface area contributed by atoms with Crippen molar-refractivity contribution in [3.63, 3.8) is 0 Å². The number of anilines is 2. The summed E-state index contributed by atoms with van der Waals surface area (Å²) < 4.78 is 2.72. The Hall–Kier alpha value is -4.68. The molecule has 0 saturated carbocycles. The predicted octanol–water partition coefficient (Wildman–Crippen LogP) is 4.65. The monoisotopic (exact) mass is 629 g/mol. The maximum Gasteiger partial charge on any atom is 0.269 e. The SMILES string of the molecule is O=C(CN1CCN(c2ccc([N+](=O)[O-])cc2)CC1)Nc1ccc(C(=O)/C=C/c2cn(Cc3ccc(Br)cc3)nn2)cc1. The standard InChI is InChI=1S/C30H28BrN7O4/c31-24-5-1-22(2-6-24)19-37-20-26(33-34-37)9-14-29(39)23-3-7-25(8-4-23)32-30(40)21-35-15-17-36(18-16-35)27-10-12-28(13-11-27)38(41)42/h1-14,20H,15-19,21H2,(H,32,40)/b14-9+. The molecule has 1 N–H and O–H groups in total. The molecule has 0 spiro atoms.